The predicted octanol–water partition coefficient (Wildman–Crippen LogP) is 2.31. The Kier molecular flexibility index (Phi) is 5.80. The number of benzene rings is 1. The van der Waals surface area contributed by atoms with Crippen molar-refractivity contribution < 1.29 is 18.7 Å². The van der Waals surface area contributed by atoms with E-state index in [0.717, 1.165) is 11.1 Å². The molecule has 0 aliphatic carbocycles. The van der Waals surface area contributed by atoms with Gasteiger partial charge >= 0.3 is 11.6 Å². The van der Waals surface area contributed by atoms with Gasteiger partial charge < -0.3 is 19.4 Å². The van der Waals surface area contributed by atoms with Crippen molar-refractivity contribution in [3.8, 4) is 0 Å². The van der Waals surface area contributed by atoms with E-state index in [1.54, 1.807) is 6.07 Å². The van der Waals surface area contributed by atoms with Crippen LogP contribution in [0.15, 0.2) is 27.4 Å². The lowest BCUT2D eigenvalue weighted by molar-refractivity contribution is -0.140. The second-order valence-electron chi connectivity index (χ2n) is 5.93. The van der Waals surface area contributed by atoms with Crippen LogP contribution in [0.3, 0.4) is 0 Å². The molecule has 2 aromatic rings. The van der Waals surface area contributed by atoms with Crippen LogP contribution in [0.25, 0.3) is 11.0 Å². The van der Waals surface area contributed by atoms with Gasteiger partial charge in [0.25, 0.3) is 0 Å². The quantitative estimate of drug-likeness (QED) is 0.638. The molecule has 0 saturated heterocycles. The molecule has 1 amide bonds. The third-order valence-corrected chi connectivity index (χ3v) is 3.85. The highest BCUT2D eigenvalue weighted by Gasteiger charge is 2.17. The van der Waals surface area contributed by atoms with E-state index in [2.05, 4.69) is 10.1 Å². The average Bonchev–Trinajstić information content (AvgIpc) is 2.56. The molecule has 0 fully saturated rings. The Labute approximate surface area is 145 Å². The Morgan fingerprint density at radius 3 is 2.60 bits per heavy atom. The number of anilines is 2. The molecule has 0 saturated carbocycles. The lowest BCUT2D eigenvalue weighted by Crippen LogP contribution is -2.18. The average molecular weight is 346 g/mol. The number of amides is 1. The van der Waals surface area contributed by atoms with Crippen molar-refractivity contribution in [1.29, 1.82) is 0 Å². The number of carbonyl (C=O) groups is 2. The van der Waals surface area contributed by atoms with Gasteiger partial charge in [0.2, 0.25) is 5.91 Å². The minimum Gasteiger partial charge on any atom is -0.469 e. The lowest BCUT2D eigenvalue weighted by atomic mass is 10.0. The summed E-state index contributed by atoms with van der Waals surface area (Å²) in [5.74, 6) is -0.672. The molecule has 0 aliphatic heterocycles. The van der Waals surface area contributed by atoms with E-state index in [-0.39, 0.29) is 24.0 Å². The second-order valence-corrected chi connectivity index (χ2v) is 5.93. The number of esters is 1. The third-order valence-electron chi connectivity index (χ3n) is 3.85. The van der Waals surface area contributed by atoms with Crippen molar-refractivity contribution in [3.05, 3.63) is 34.2 Å². The van der Waals surface area contributed by atoms with Gasteiger partial charge in [-0.15, -0.1) is 0 Å². The van der Waals surface area contributed by atoms with Crippen molar-refractivity contribution in [2.24, 2.45) is 0 Å². The van der Waals surface area contributed by atoms with Gasteiger partial charge in [-0.25, -0.2) is 4.79 Å². The standard InChI is InChI=1S/C18H22N2O5/c1-11(21)19-17-14(6-5-7-16(22)24-4)13-9-8-12(20(2)3)10-15(13)25-18(17)23/h8-10H,5-7H2,1-4H3,(H,19,21). The number of hydrogen-bond donors (Lipinski definition) is 1. The van der Waals surface area contributed by atoms with E-state index in [1.807, 2.05) is 31.1 Å². The molecule has 1 N–H and O–H groups in total. The number of nitrogens with one attached hydrogen (secondary N) is 1. The molecule has 7 nitrogen and oxygen atoms in total. The van der Waals surface area contributed by atoms with Crippen LogP contribution in [-0.4, -0.2) is 33.1 Å². The van der Waals surface area contributed by atoms with E-state index in [1.165, 1.54) is 14.0 Å². The number of nitrogens with zero attached hydrogens (tertiary/aromatic N) is 1. The highest BCUT2D eigenvalue weighted by atomic mass is 16.5. The van der Waals surface area contributed by atoms with Gasteiger partial charge in [-0.1, -0.05) is 0 Å². The van der Waals surface area contributed by atoms with Gasteiger partial charge in [0, 0.05) is 44.6 Å². The number of fused-ring (bicyclic) bond motifs is 1. The maximum atomic E-state index is 12.3. The molecule has 134 valence electrons. The fourth-order valence-electron chi connectivity index (χ4n) is 2.61. The summed E-state index contributed by atoms with van der Waals surface area (Å²) < 4.78 is 10.0. The van der Waals surface area contributed by atoms with E-state index >= 15 is 0 Å². The van der Waals surface area contributed by atoms with Crippen LogP contribution in [0.4, 0.5) is 11.4 Å². The smallest absolute Gasteiger partial charge is 0.360 e. The number of rotatable bonds is 6. The summed E-state index contributed by atoms with van der Waals surface area (Å²) in [6, 6.07) is 5.54. The van der Waals surface area contributed by atoms with Crippen LogP contribution in [-0.2, 0) is 20.7 Å². The number of hydrogen-bond acceptors (Lipinski definition) is 6. The zero-order valence-electron chi connectivity index (χ0n) is 14.8. The van der Waals surface area contributed by atoms with E-state index in [9.17, 15) is 14.4 Å². The van der Waals surface area contributed by atoms with Gasteiger partial charge in [-0.3, -0.25) is 9.59 Å². The first-order valence-electron chi connectivity index (χ1n) is 7.95. The Bertz CT molecular complexity index is 854. The molecule has 0 radical (unpaired) electrons. The van der Waals surface area contributed by atoms with Crippen LogP contribution < -0.4 is 15.8 Å². The first kappa shape index (κ1) is 18.5. The minimum absolute atomic E-state index is 0.127. The van der Waals surface area contributed by atoms with E-state index < -0.39 is 5.63 Å². The molecule has 0 aliphatic rings. The maximum Gasteiger partial charge on any atom is 0.360 e. The highest BCUT2D eigenvalue weighted by molar-refractivity contribution is 5.94. The second kappa shape index (κ2) is 7.83. The van der Waals surface area contributed by atoms with Crippen LogP contribution in [0.1, 0.15) is 25.3 Å². The molecule has 0 unspecified atom stereocenters. The van der Waals surface area contributed by atoms with E-state index in [4.69, 9.17) is 4.42 Å². The molecule has 7 heteroatoms. The largest absolute Gasteiger partial charge is 0.469 e. The zero-order chi connectivity index (χ0) is 18.6. The van der Waals surface area contributed by atoms with Gasteiger partial charge in [-0.2, -0.15) is 0 Å². The first-order chi connectivity index (χ1) is 11.8. The number of ether oxygens (including phenoxy) is 1. The molecule has 25 heavy (non-hydrogen) atoms. The first-order valence-corrected chi connectivity index (χ1v) is 7.95. The predicted molar refractivity (Wildman–Crippen MR) is 96.1 cm³/mol. The number of aryl methyl sites for hydroxylation is 1. The van der Waals surface area contributed by atoms with Gasteiger partial charge in [0.1, 0.15) is 11.3 Å². The fourth-order valence-corrected chi connectivity index (χ4v) is 2.61. The van der Waals surface area contributed by atoms with Crippen molar-refractivity contribution >= 4 is 34.2 Å². The van der Waals surface area contributed by atoms with Crippen molar-refractivity contribution in [2.45, 2.75) is 26.2 Å². The van der Waals surface area contributed by atoms with Gasteiger partial charge in [0.05, 0.1) is 7.11 Å². The third kappa shape index (κ3) is 4.37. The molecular formula is C18H22N2O5. The highest BCUT2D eigenvalue weighted by Crippen LogP contribution is 2.28. The van der Waals surface area contributed by atoms with Crippen LogP contribution in [0.2, 0.25) is 0 Å². The molecule has 0 bridgehead atoms. The Hall–Kier alpha value is -2.83. The number of methoxy groups -OCH3 is 1. The molecule has 1 aromatic heterocycles. The van der Waals surface area contributed by atoms with Crippen LogP contribution in [0, 0.1) is 0 Å². The lowest BCUT2D eigenvalue weighted by Gasteiger charge is -2.15. The van der Waals surface area contributed by atoms with Gasteiger partial charge in [-0.05, 0) is 30.5 Å². The van der Waals surface area contributed by atoms with Crippen molar-refractivity contribution in [1.82, 2.24) is 0 Å². The molecule has 0 atom stereocenters. The summed E-state index contributed by atoms with van der Waals surface area (Å²) in [5.41, 5.74) is 1.52. The van der Waals surface area contributed by atoms with Crippen LogP contribution in [0.5, 0.6) is 0 Å². The Morgan fingerprint density at radius 1 is 1.28 bits per heavy atom. The molecule has 1 heterocycles. The topological polar surface area (TPSA) is 88.8 Å². The summed E-state index contributed by atoms with van der Waals surface area (Å²) in [5, 5.41) is 3.29. The summed E-state index contributed by atoms with van der Waals surface area (Å²) >= 11 is 0. The number of carbonyl (C=O) groups excluding carboxylic acids is 2. The maximum absolute atomic E-state index is 12.3. The van der Waals surface area contributed by atoms with Crippen molar-refractivity contribution in [3.63, 3.8) is 0 Å². The van der Waals surface area contributed by atoms with E-state index in [0.29, 0.717) is 24.0 Å². The Balaban J connectivity index is 2.52. The monoisotopic (exact) mass is 346 g/mol. The molecule has 2 rings (SSSR count). The summed E-state index contributed by atoms with van der Waals surface area (Å²) in [6.45, 7) is 1.33. The zero-order valence-corrected chi connectivity index (χ0v) is 14.8. The van der Waals surface area contributed by atoms with Crippen LogP contribution >= 0.6 is 0 Å². The molecule has 1 aromatic carbocycles. The summed E-state index contributed by atoms with van der Waals surface area (Å²) in [6.07, 6.45) is 1.16. The molecular weight excluding hydrogens is 324 g/mol. The normalized spacial score (nSPS) is 10.6. The van der Waals surface area contributed by atoms with Crippen molar-refractivity contribution in [2.75, 3.05) is 31.4 Å². The fraction of sp³-hybridized carbons (Fsp3) is 0.389. The summed E-state index contributed by atoms with van der Waals surface area (Å²) in [4.78, 5) is 37.0. The Morgan fingerprint density at radius 2 is 2.00 bits per heavy atom. The SMILES string of the molecule is COC(=O)CCCc1c(NC(C)=O)c(=O)oc2cc(N(C)C)ccc12. The van der Waals surface area contributed by atoms with Gasteiger partial charge in [0.15, 0.2) is 0 Å². The molecule has 0 spiro atoms. The summed E-state index contributed by atoms with van der Waals surface area (Å²) in [7, 11) is 5.12. The minimum atomic E-state index is -0.605.